The van der Waals surface area contributed by atoms with Crippen LogP contribution in [0.2, 0.25) is 0 Å². The summed E-state index contributed by atoms with van der Waals surface area (Å²) in [6, 6.07) is 23.2. The second kappa shape index (κ2) is 11.2. The molecule has 5 rings (SSSR count). The van der Waals surface area contributed by atoms with E-state index in [4.69, 9.17) is 9.47 Å². The van der Waals surface area contributed by atoms with Crippen molar-refractivity contribution in [2.24, 2.45) is 0 Å². The van der Waals surface area contributed by atoms with E-state index in [1.807, 2.05) is 30.3 Å². The molecule has 1 aromatic heterocycles. The Balaban J connectivity index is 1.53. The highest BCUT2D eigenvalue weighted by Gasteiger charge is 2.46. The lowest BCUT2D eigenvalue weighted by Crippen LogP contribution is -2.29. The number of rotatable bonds is 8. The second-order valence-corrected chi connectivity index (χ2v) is 8.98. The van der Waals surface area contributed by atoms with Gasteiger partial charge in [-0.3, -0.25) is 14.6 Å². The molecule has 1 fully saturated rings. The summed E-state index contributed by atoms with van der Waals surface area (Å²) in [5.74, 6) is -2.20. The minimum Gasteiger partial charge on any atom is -0.507 e. The number of benzene rings is 3. The summed E-state index contributed by atoms with van der Waals surface area (Å²) in [5.41, 5.74) is 2.29. The Kier molecular flexibility index (Phi) is 7.36. The number of hydrogen-bond acceptors (Lipinski definition) is 6. The topological polar surface area (TPSA) is 89.0 Å². The number of likely N-dealkylation sites (tertiary alicyclic amines) is 1. The van der Waals surface area contributed by atoms with Crippen LogP contribution in [0, 0.1) is 5.82 Å². The van der Waals surface area contributed by atoms with Crippen LogP contribution in [-0.4, -0.2) is 33.8 Å². The fraction of sp³-hybridized carbons (Fsp3) is 0.129. The van der Waals surface area contributed by atoms with Gasteiger partial charge in [0.2, 0.25) is 0 Å². The molecule has 0 aliphatic carbocycles. The molecule has 196 valence electrons. The van der Waals surface area contributed by atoms with Crippen LogP contribution in [0.5, 0.6) is 11.5 Å². The number of aliphatic hydroxyl groups is 1. The van der Waals surface area contributed by atoms with Gasteiger partial charge in [0.1, 0.15) is 18.1 Å². The lowest BCUT2D eigenvalue weighted by Gasteiger charge is -2.25. The van der Waals surface area contributed by atoms with E-state index >= 15 is 0 Å². The van der Waals surface area contributed by atoms with Gasteiger partial charge in [-0.05, 0) is 59.2 Å². The third kappa shape index (κ3) is 5.36. The monoisotopic (exact) mass is 524 g/mol. The van der Waals surface area contributed by atoms with Crippen LogP contribution in [-0.2, 0) is 22.7 Å². The first-order chi connectivity index (χ1) is 19.0. The van der Waals surface area contributed by atoms with Crippen molar-refractivity contribution >= 4 is 17.4 Å². The summed E-state index contributed by atoms with van der Waals surface area (Å²) in [5, 5.41) is 11.2. The molecule has 0 radical (unpaired) electrons. The normalized spacial score (nSPS) is 16.4. The average Bonchev–Trinajstić information content (AvgIpc) is 3.22. The predicted molar refractivity (Wildman–Crippen MR) is 142 cm³/mol. The highest BCUT2D eigenvalue weighted by molar-refractivity contribution is 6.46. The van der Waals surface area contributed by atoms with Crippen LogP contribution >= 0.6 is 0 Å². The van der Waals surface area contributed by atoms with E-state index in [0.717, 1.165) is 17.2 Å². The van der Waals surface area contributed by atoms with Gasteiger partial charge < -0.3 is 19.5 Å². The summed E-state index contributed by atoms with van der Waals surface area (Å²) in [6.45, 7) is 0.488. The number of Topliss-reactive ketones (excluding diaryl/α,β-unsaturated/α-hetero) is 1. The molecule has 0 unspecified atom stereocenters. The van der Waals surface area contributed by atoms with Crippen LogP contribution in [0.1, 0.15) is 28.3 Å². The lowest BCUT2D eigenvalue weighted by atomic mass is 9.95. The van der Waals surface area contributed by atoms with Crippen molar-refractivity contribution in [2.45, 2.75) is 19.2 Å². The van der Waals surface area contributed by atoms with E-state index in [-0.39, 0.29) is 23.4 Å². The zero-order chi connectivity index (χ0) is 27.4. The van der Waals surface area contributed by atoms with Crippen molar-refractivity contribution in [1.82, 2.24) is 9.88 Å². The predicted octanol–water partition coefficient (Wildman–Crippen LogP) is 5.43. The molecular weight excluding hydrogens is 499 g/mol. The van der Waals surface area contributed by atoms with Gasteiger partial charge in [0.15, 0.2) is 11.6 Å². The first-order valence-corrected chi connectivity index (χ1v) is 12.2. The summed E-state index contributed by atoms with van der Waals surface area (Å²) >= 11 is 0. The Bertz CT molecular complexity index is 1520. The number of pyridine rings is 1. The van der Waals surface area contributed by atoms with Crippen molar-refractivity contribution in [3.8, 4) is 11.5 Å². The van der Waals surface area contributed by atoms with Crippen LogP contribution in [0.25, 0.3) is 5.76 Å². The molecule has 1 amide bonds. The minimum atomic E-state index is -0.911. The fourth-order valence-corrected chi connectivity index (χ4v) is 4.53. The van der Waals surface area contributed by atoms with Crippen molar-refractivity contribution < 1.29 is 28.6 Å². The molecule has 1 atom stereocenters. The first kappa shape index (κ1) is 25.7. The smallest absolute Gasteiger partial charge is 0.295 e. The maximum Gasteiger partial charge on any atom is 0.295 e. The van der Waals surface area contributed by atoms with Crippen LogP contribution in [0.15, 0.2) is 103 Å². The van der Waals surface area contributed by atoms with E-state index in [1.165, 1.54) is 24.1 Å². The Morgan fingerprint density at radius 3 is 2.33 bits per heavy atom. The number of carbonyl (C=O) groups excluding carboxylic acids is 2. The van der Waals surface area contributed by atoms with E-state index in [0.29, 0.717) is 17.9 Å². The van der Waals surface area contributed by atoms with E-state index < -0.39 is 29.3 Å². The maximum absolute atomic E-state index is 14.5. The number of carbonyl (C=O) groups is 2. The summed E-state index contributed by atoms with van der Waals surface area (Å²) in [4.78, 5) is 31.9. The fourth-order valence-electron chi connectivity index (χ4n) is 4.53. The highest BCUT2D eigenvalue weighted by atomic mass is 19.1. The minimum absolute atomic E-state index is 0.00710. The van der Waals surface area contributed by atoms with Gasteiger partial charge in [0, 0.05) is 24.5 Å². The van der Waals surface area contributed by atoms with Gasteiger partial charge in [0.05, 0.1) is 18.7 Å². The number of halogens is 1. The van der Waals surface area contributed by atoms with Gasteiger partial charge >= 0.3 is 0 Å². The molecule has 1 N–H and O–H groups in total. The standard InChI is InChI=1S/C31H25FN2O5/c1-38-26-12-9-23(17-25(26)32)29(35)27-28(34(31(37)30(27)36)18-20-13-15-33-16-14-20)22-7-10-24(11-8-22)39-19-21-5-3-2-4-6-21/h2-17,28,35H,18-19H2,1H3/t28-/m1/s1. The van der Waals surface area contributed by atoms with Crippen LogP contribution < -0.4 is 9.47 Å². The maximum atomic E-state index is 14.5. The molecule has 39 heavy (non-hydrogen) atoms. The quantitative estimate of drug-likeness (QED) is 0.188. The molecule has 1 aliphatic heterocycles. The third-order valence-corrected chi connectivity index (χ3v) is 6.51. The molecule has 8 heteroatoms. The summed E-state index contributed by atoms with van der Waals surface area (Å²) in [7, 11) is 1.33. The molecule has 0 spiro atoms. The number of nitrogens with zero attached hydrogens (tertiary/aromatic N) is 2. The van der Waals surface area contributed by atoms with Gasteiger partial charge in [-0.15, -0.1) is 0 Å². The number of ether oxygens (including phenoxy) is 2. The molecule has 1 saturated heterocycles. The van der Waals surface area contributed by atoms with Gasteiger partial charge in [-0.1, -0.05) is 42.5 Å². The van der Waals surface area contributed by atoms with Crippen molar-refractivity contribution in [3.05, 3.63) is 131 Å². The Hall–Kier alpha value is -4.98. The highest BCUT2D eigenvalue weighted by Crippen LogP contribution is 2.41. The molecule has 1 aliphatic rings. The van der Waals surface area contributed by atoms with E-state index in [9.17, 15) is 19.1 Å². The number of hydrogen-bond donors (Lipinski definition) is 1. The summed E-state index contributed by atoms with van der Waals surface area (Å²) in [6.07, 6.45) is 3.19. The molecule has 7 nitrogen and oxygen atoms in total. The van der Waals surface area contributed by atoms with Crippen molar-refractivity contribution in [1.29, 1.82) is 0 Å². The molecule has 0 saturated carbocycles. The summed E-state index contributed by atoms with van der Waals surface area (Å²) < 4.78 is 25.3. The van der Waals surface area contributed by atoms with Gasteiger partial charge in [-0.25, -0.2) is 4.39 Å². The number of aliphatic hydroxyl groups excluding tert-OH is 1. The SMILES string of the molecule is COc1ccc(C(O)=C2C(=O)C(=O)N(Cc3ccncc3)[C@@H]2c2ccc(OCc3ccccc3)cc2)cc1F. The van der Waals surface area contributed by atoms with Gasteiger partial charge in [0.25, 0.3) is 11.7 Å². The molecule has 0 bridgehead atoms. The number of ketones is 1. The lowest BCUT2D eigenvalue weighted by molar-refractivity contribution is -0.140. The van der Waals surface area contributed by atoms with Crippen LogP contribution in [0.4, 0.5) is 4.39 Å². The molecule has 3 aromatic carbocycles. The number of aromatic nitrogens is 1. The largest absolute Gasteiger partial charge is 0.507 e. The Morgan fingerprint density at radius 2 is 1.67 bits per heavy atom. The Morgan fingerprint density at radius 1 is 0.949 bits per heavy atom. The van der Waals surface area contributed by atoms with E-state index in [1.54, 1.807) is 48.8 Å². The second-order valence-electron chi connectivity index (χ2n) is 8.98. The average molecular weight is 525 g/mol. The third-order valence-electron chi connectivity index (χ3n) is 6.51. The first-order valence-electron chi connectivity index (χ1n) is 12.2. The molecular formula is C31H25FN2O5. The molecule has 2 heterocycles. The zero-order valence-corrected chi connectivity index (χ0v) is 21.1. The zero-order valence-electron chi connectivity index (χ0n) is 21.1. The van der Waals surface area contributed by atoms with E-state index in [2.05, 4.69) is 4.98 Å². The van der Waals surface area contributed by atoms with Crippen molar-refractivity contribution in [3.63, 3.8) is 0 Å². The molecule has 4 aromatic rings. The van der Waals surface area contributed by atoms with Crippen molar-refractivity contribution in [2.75, 3.05) is 7.11 Å². The number of methoxy groups -OCH3 is 1. The van der Waals surface area contributed by atoms with Gasteiger partial charge in [-0.2, -0.15) is 0 Å². The number of amides is 1. The van der Waals surface area contributed by atoms with Crippen LogP contribution in [0.3, 0.4) is 0 Å². The Labute approximate surface area is 224 Å².